The number of nitrogens with one attached hydrogen (secondary N) is 2. The van der Waals surface area contributed by atoms with Crippen LogP contribution >= 0.6 is 11.6 Å². The van der Waals surface area contributed by atoms with Gasteiger partial charge in [-0.05, 0) is 25.1 Å². The number of rotatable bonds is 7. The van der Waals surface area contributed by atoms with Crippen LogP contribution in [-0.2, 0) is 4.74 Å². The third-order valence-electron chi connectivity index (χ3n) is 2.34. The maximum absolute atomic E-state index is 11.7. The molecule has 0 aliphatic rings. The molecule has 0 unspecified atom stereocenters. The minimum Gasteiger partial charge on any atom is -0.478 e. The molecule has 0 aliphatic carbocycles. The van der Waals surface area contributed by atoms with E-state index in [9.17, 15) is 9.59 Å². The highest BCUT2D eigenvalue weighted by atomic mass is 35.5. The molecule has 0 saturated carbocycles. The van der Waals surface area contributed by atoms with Crippen LogP contribution in [0.5, 0.6) is 0 Å². The lowest BCUT2D eigenvalue weighted by molar-refractivity contribution is 0.0698. The van der Waals surface area contributed by atoms with E-state index in [1.54, 1.807) is 0 Å². The third kappa shape index (κ3) is 6.29. The van der Waals surface area contributed by atoms with Gasteiger partial charge in [-0.3, -0.25) is 0 Å². The quantitative estimate of drug-likeness (QED) is 0.533. The molecule has 0 heterocycles. The molecule has 1 rings (SSSR count). The molecule has 0 aliphatic heterocycles. The molecule has 2 amide bonds. The Morgan fingerprint density at radius 2 is 2.14 bits per heavy atom. The van der Waals surface area contributed by atoms with Gasteiger partial charge in [-0.1, -0.05) is 23.8 Å². The van der Waals surface area contributed by atoms with Gasteiger partial charge in [0.05, 0.1) is 24.5 Å². The summed E-state index contributed by atoms with van der Waals surface area (Å²) >= 11 is 5.79. The Bertz CT molecular complexity index is 546. The van der Waals surface area contributed by atoms with E-state index in [0.29, 0.717) is 24.8 Å². The standard InChI is InChI=1S/C14H17ClN2O4/c1-9(2)8-21-6-5-16-14(20)17-12-7-10(15)3-4-11(12)13(18)19/h3-4,7H,1,5-6,8H2,2H3,(H,18,19)(H2,16,17,20). The van der Waals surface area contributed by atoms with Crippen LogP contribution in [0.4, 0.5) is 10.5 Å². The molecule has 1 aromatic rings. The number of hydrogen-bond acceptors (Lipinski definition) is 3. The molecule has 0 fully saturated rings. The Kier molecular flexibility index (Phi) is 6.71. The first kappa shape index (κ1) is 17.0. The molecule has 7 heteroatoms. The van der Waals surface area contributed by atoms with Crippen molar-refractivity contribution in [3.63, 3.8) is 0 Å². The monoisotopic (exact) mass is 312 g/mol. The summed E-state index contributed by atoms with van der Waals surface area (Å²) in [4.78, 5) is 22.7. The van der Waals surface area contributed by atoms with Crippen LogP contribution < -0.4 is 10.6 Å². The fourth-order valence-corrected chi connectivity index (χ4v) is 1.63. The van der Waals surface area contributed by atoms with E-state index in [0.717, 1.165) is 5.57 Å². The fraction of sp³-hybridized carbons (Fsp3) is 0.286. The number of carboxylic acids is 1. The van der Waals surface area contributed by atoms with Gasteiger partial charge in [0.2, 0.25) is 0 Å². The Morgan fingerprint density at radius 1 is 1.43 bits per heavy atom. The average Bonchev–Trinajstić information content (AvgIpc) is 2.37. The smallest absolute Gasteiger partial charge is 0.337 e. The van der Waals surface area contributed by atoms with Crippen molar-refractivity contribution in [2.75, 3.05) is 25.1 Å². The van der Waals surface area contributed by atoms with E-state index < -0.39 is 12.0 Å². The number of aromatic carboxylic acids is 1. The Hall–Kier alpha value is -2.05. The number of carbonyl (C=O) groups excluding carboxylic acids is 1. The van der Waals surface area contributed by atoms with Crippen LogP contribution in [0, 0.1) is 0 Å². The first-order chi connectivity index (χ1) is 9.90. The molecule has 0 spiro atoms. The van der Waals surface area contributed by atoms with E-state index in [-0.39, 0.29) is 11.3 Å². The van der Waals surface area contributed by atoms with Crippen LogP contribution in [0.2, 0.25) is 5.02 Å². The van der Waals surface area contributed by atoms with Crippen molar-refractivity contribution in [2.45, 2.75) is 6.92 Å². The van der Waals surface area contributed by atoms with Gasteiger partial charge in [0, 0.05) is 11.6 Å². The predicted molar refractivity (Wildman–Crippen MR) is 81.1 cm³/mol. The van der Waals surface area contributed by atoms with Crippen LogP contribution in [0.1, 0.15) is 17.3 Å². The van der Waals surface area contributed by atoms with Crippen LogP contribution in [0.15, 0.2) is 30.4 Å². The molecule has 21 heavy (non-hydrogen) atoms. The molecule has 0 saturated heterocycles. The Morgan fingerprint density at radius 3 is 2.76 bits per heavy atom. The van der Waals surface area contributed by atoms with Gasteiger partial charge < -0.3 is 20.5 Å². The van der Waals surface area contributed by atoms with Gasteiger partial charge in [-0.25, -0.2) is 9.59 Å². The molecular weight excluding hydrogens is 296 g/mol. The van der Waals surface area contributed by atoms with Crippen molar-refractivity contribution in [3.05, 3.63) is 40.9 Å². The van der Waals surface area contributed by atoms with Crippen molar-refractivity contribution < 1.29 is 19.4 Å². The number of anilines is 1. The van der Waals surface area contributed by atoms with Gasteiger partial charge in [0.15, 0.2) is 0 Å². The van der Waals surface area contributed by atoms with Crippen LogP contribution in [-0.4, -0.2) is 36.9 Å². The maximum Gasteiger partial charge on any atom is 0.337 e. The minimum atomic E-state index is -1.15. The molecule has 0 bridgehead atoms. The molecular formula is C14H17ClN2O4. The second kappa shape index (κ2) is 8.28. The summed E-state index contributed by atoms with van der Waals surface area (Å²) in [5.41, 5.74) is 0.993. The highest BCUT2D eigenvalue weighted by molar-refractivity contribution is 6.31. The average molecular weight is 313 g/mol. The van der Waals surface area contributed by atoms with E-state index in [4.69, 9.17) is 21.4 Å². The van der Waals surface area contributed by atoms with Crippen molar-refractivity contribution in [2.24, 2.45) is 0 Å². The van der Waals surface area contributed by atoms with Crippen molar-refractivity contribution in [3.8, 4) is 0 Å². The highest BCUT2D eigenvalue weighted by Gasteiger charge is 2.12. The summed E-state index contributed by atoms with van der Waals surface area (Å²) in [6.07, 6.45) is 0. The van der Waals surface area contributed by atoms with Gasteiger partial charge in [0.1, 0.15) is 0 Å². The lowest BCUT2D eigenvalue weighted by Crippen LogP contribution is -2.32. The molecule has 1 aromatic carbocycles. The van der Waals surface area contributed by atoms with Gasteiger partial charge in [-0.15, -0.1) is 0 Å². The van der Waals surface area contributed by atoms with E-state index in [1.807, 2.05) is 6.92 Å². The Balaban J connectivity index is 2.49. The lowest BCUT2D eigenvalue weighted by atomic mass is 10.2. The van der Waals surface area contributed by atoms with E-state index in [2.05, 4.69) is 17.2 Å². The second-order valence-corrected chi connectivity index (χ2v) is 4.82. The van der Waals surface area contributed by atoms with E-state index >= 15 is 0 Å². The number of benzene rings is 1. The number of halogens is 1. The first-order valence-electron chi connectivity index (χ1n) is 6.20. The number of carbonyl (C=O) groups is 2. The zero-order valence-corrected chi connectivity index (χ0v) is 12.4. The topological polar surface area (TPSA) is 87.7 Å². The van der Waals surface area contributed by atoms with Crippen LogP contribution in [0.25, 0.3) is 0 Å². The molecule has 114 valence electrons. The molecule has 0 aromatic heterocycles. The predicted octanol–water partition coefficient (Wildman–Crippen LogP) is 2.75. The van der Waals surface area contributed by atoms with E-state index in [1.165, 1.54) is 18.2 Å². The number of hydrogen-bond donors (Lipinski definition) is 3. The van der Waals surface area contributed by atoms with Gasteiger partial charge >= 0.3 is 12.0 Å². The second-order valence-electron chi connectivity index (χ2n) is 4.39. The number of urea groups is 1. The zero-order chi connectivity index (χ0) is 15.8. The first-order valence-corrected chi connectivity index (χ1v) is 6.57. The lowest BCUT2D eigenvalue weighted by Gasteiger charge is -2.10. The summed E-state index contributed by atoms with van der Waals surface area (Å²) in [7, 11) is 0. The number of ether oxygens (including phenoxy) is 1. The summed E-state index contributed by atoms with van der Waals surface area (Å²) in [6, 6.07) is 3.62. The zero-order valence-electron chi connectivity index (χ0n) is 11.6. The van der Waals surface area contributed by atoms with Gasteiger partial charge in [0.25, 0.3) is 0 Å². The molecule has 0 radical (unpaired) electrons. The number of amides is 2. The normalized spacial score (nSPS) is 10.0. The number of carboxylic acid groups (broad SMARTS) is 1. The summed E-state index contributed by atoms with van der Waals surface area (Å²) < 4.78 is 5.22. The largest absolute Gasteiger partial charge is 0.478 e. The third-order valence-corrected chi connectivity index (χ3v) is 2.58. The van der Waals surface area contributed by atoms with Crippen molar-refractivity contribution >= 4 is 29.3 Å². The minimum absolute atomic E-state index is 0.0342. The van der Waals surface area contributed by atoms with Crippen LogP contribution in [0.3, 0.4) is 0 Å². The highest BCUT2D eigenvalue weighted by Crippen LogP contribution is 2.21. The fourth-order valence-electron chi connectivity index (χ4n) is 1.46. The molecule has 0 atom stereocenters. The summed E-state index contributed by atoms with van der Waals surface area (Å²) in [5.74, 6) is -1.15. The Labute approximate surface area is 127 Å². The van der Waals surface area contributed by atoms with Gasteiger partial charge in [-0.2, -0.15) is 0 Å². The molecule has 3 N–H and O–H groups in total. The van der Waals surface area contributed by atoms with Crippen molar-refractivity contribution in [1.29, 1.82) is 0 Å². The summed E-state index contributed by atoms with van der Waals surface area (Å²) in [6.45, 7) is 6.59. The van der Waals surface area contributed by atoms with Crippen molar-refractivity contribution in [1.82, 2.24) is 5.32 Å². The maximum atomic E-state index is 11.7. The molecule has 6 nitrogen and oxygen atoms in total. The SMILES string of the molecule is C=C(C)COCCNC(=O)Nc1cc(Cl)ccc1C(=O)O. The summed E-state index contributed by atoms with van der Waals surface area (Å²) in [5, 5.41) is 14.4.